The lowest BCUT2D eigenvalue weighted by atomic mass is 10.2. The highest BCUT2D eigenvalue weighted by molar-refractivity contribution is 5.95. The van der Waals surface area contributed by atoms with Crippen molar-refractivity contribution in [1.82, 2.24) is 20.2 Å². The molecule has 0 radical (unpaired) electrons. The molecule has 1 aromatic carbocycles. The standard InChI is InChI=1S/C20H23N5O3/c26-15-17(23-18(27)8-7-16-5-2-1-3-6-16)19(28)24-11-13-25(14-12-24)20-21-9-4-10-22-20/h1-10,17,26H,11-15H2,(H,23,27). The van der Waals surface area contributed by atoms with Crippen molar-refractivity contribution in [3.8, 4) is 0 Å². The van der Waals surface area contributed by atoms with Gasteiger partial charge < -0.3 is 20.2 Å². The highest BCUT2D eigenvalue weighted by Crippen LogP contribution is 2.10. The molecule has 0 saturated carbocycles. The van der Waals surface area contributed by atoms with Gasteiger partial charge in [-0.15, -0.1) is 0 Å². The first kappa shape index (κ1) is 19.5. The first-order chi connectivity index (χ1) is 13.7. The predicted molar refractivity (Wildman–Crippen MR) is 105 cm³/mol. The van der Waals surface area contributed by atoms with Gasteiger partial charge in [0.25, 0.3) is 0 Å². The number of nitrogens with zero attached hydrogens (tertiary/aromatic N) is 4. The van der Waals surface area contributed by atoms with Crippen LogP contribution in [0.1, 0.15) is 5.56 Å². The number of piperazine rings is 1. The molecule has 0 spiro atoms. The number of rotatable bonds is 6. The average molecular weight is 381 g/mol. The van der Waals surface area contributed by atoms with Crippen molar-refractivity contribution in [2.45, 2.75) is 6.04 Å². The van der Waals surface area contributed by atoms with Crippen LogP contribution in [0, 0.1) is 0 Å². The van der Waals surface area contributed by atoms with Crippen LogP contribution in [0.3, 0.4) is 0 Å². The second-order valence-electron chi connectivity index (χ2n) is 6.35. The molecule has 1 atom stereocenters. The summed E-state index contributed by atoms with van der Waals surface area (Å²) in [6, 6.07) is 10.2. The van der Waals surface area contributed by atoms with Gasteiger partial charge in [-0.3, -0.25) is 9.59 Å². The Labute approximate surface area is 163 Å². The van der Waals surface area contributed by atoms with E-state index in [1.807, 2.05) is 35.2 Å². The largest absolute Gasteiger partial charge is 0.394 e. The van der Waals surface area contributed by atoms with Crippen molar-refractivity contribution in [3.05, 3.63) is 60.4 Å². The molecule has 28 heavy (non-hydrogen) atoms. The number of carbonyl (C=O) groups is 2. The van der Waals surface area contributed by atoms with Crippen LogP contribution in [0.5, 0.6) is 0 Å². The smallest absolute Gasteiger partial charge is 0.247 e. The van der Waals surface area contributed by atoms with Gasteiger partial charge in [0, 0.05) is 44.6 Å². The first-order valence-corrected chi connectivity index (χ1v) is 9.12. The fraction of sp³-hybridized carbons (Fsp3) is 0.300. The quantitative estimate of drug-likeness (QED) is 0.699. The molecule has 1 aliphatic rings. The van der Waals surface area contributed by atoms with Gasteiger partial charge in [-0.05, 0) is 17.7 Å². The molecule has 1 fully saturated rings. The van der Waals surface area contributed by atoms with Gasteiger partial charge in [-0.1, -0.05) is 30.3 Å². The number of anilines is 1. The van der Waals surface area contributed by atoms with Crippen molar-refractivity contribution in [1.29, 1.82) is 0 Å². The molecular formula is C20H23N5O3. The van der Waals surface area contributed by atoms with Crippen LogP contribution in [0.4, 0.5) is 5.95 Å². The van der Waals surface area contributed by atoms with Crippen molar-refractivity contribution >= 4 is 23.8 Å². The van der Waals surface area contributed by atoms with Crippen LogP contribution < -0.4 is 10.2 Å². The Morgan fingerprint density at radius 1 is 1.07 bits per heavy atom. The molecule has 2 heterocycles. The number of aliphatic hydroxyl groups is 1. The van der Waals surface area contributed by atoms with Gasteiger partial charge >= 0.3 is 0 Å². The second kappa shape index (κ2) is 9.61. The van der Waals surface area contributed by atoms with Gasteiger partial charge in [0.1, 0.15) is 6.04 Å². The zero-order valence-electron chi connectivity index (χ0n) is 15.4. The van der Waals surface area contributed by atoms with Gasteiger partial charge in [-0.2, -0.15) is 0 Å². The number of hydrogen-bond acceptors (Lipinski definition) is 6. The summed E-state index contributed by atoms with van der Waals surface area (Å²) in [6.45, 7) is 1.68. The summed E-state index contributed by atoms with van der Waals surface area (Å²) in [6.07, 6.45) is 6.38. The summed E-state index contributed by atoms with van der Waals surface area (Å²) in [5, 5.41) is 12.1. The van der Waals surface area contributed by atoms with E-state index in [2.05, 4.69) is 15.3 Å². The molecule has 1 aliphatic heterocycles. The third-order valence-corrected chi connectivity index (χ3v) is 4.45. The van der Waals surface area contributed by atoms with E-state index in [1.54, 1.807) is 29.4 Å². The number of aliphatic hydroxyl groups excluding tert-OH is 1. The van der Waals surface area contributed by atoms with Crippen molar-refractivity contribution in [2.24, 2.45) is 0 Å². The van der Waals surface area contributed by atoms with Gasteiger partial charge in [-0.25, -0.2) is 9.97 Å². The molecule has 2 amide bonds. The lowest BCUT2D eigenvalue weighted by Crippen LogP contribution is -2.56. The first-order valence-electron chi connectivity index (χ1n) is 9.12. The summed E-state index contributed by atoms with van der Waals surface area (Å²) >= 11 is 0. The molecule has 1 unspecified atom stereocenters. The minimum atomic E-state index is -0.965. The zero-order chi connectivity index (χ0) is 19.8. The number of aromatic nitrogens is 2. The maximum atomic E-state index is 12.7. The Kier molecular flexibility index (Phi) is 6.69. The van der Waals surface area contributed by atoms with E-state index in [4.69, 9.17) is 0 Å². The maximum Gasteiger partial charge on any atom is 0.247 e. The topological polar surface area (TPSA) is 98.7 Å². The number of nitrogens with one attached hydrogen (secondary N) is 1. The molecule has 3 rings (SSSR count). The molecule has 1 saturated heterocycles. The normalized spacial score (nSPS) is 15.5. The van der Waals surface area contributed by atoms with Crippen LogP contribution in [-0.2, 0) is 9.59 Å². The van der Waals surface area contributed by atoms with E-state index in [9.17, 15) is 14.7 Å². The van der Waals surface area contributed by atoms with Crippen LogP contribution in [0.25, 0.3) is 6.08 Å². The lowest BCUT2D eigenvalue weighted by Gasteiger charge is -2.36. The monoisotopic (exact) mass is 381 g/mol. The van der Waals surface area contributed by atoms with Gasteiger partial charge in [0.05, 0.1) is 6.61 Å². The van der Waals surface area contributed by atoms with Crippen molar-refractivity contribution in [3.63, 3.8) is 0 Å². The fourth-order valence-electron chi connectivity index (χ4n) is 2.94. The van der Waals surface area contributed by atoms with Crippen LogP contribution in [-0.4, -0.2) is 70.6 Å². The van der Waals surface area contributed by atoms with E-state index in [0.717, 1.165) is 5.56 Å². The number of amides is 2. The molecule has 8 nitrogen and oxygen atoms in total. The summed E-state index contributed by atoms with van der Waals surface area (Å²) in [5.74, 6) is -0.0853. The maximum absolute atomic E-state index is 12.7. The third kappa shape index (κ3) is 5.14. The molecule has 2 N–H and O–H groups in total. The van der Waals surface area contributed by atoms with Crippen LogP contribution in [0.2, 0.25) is 0 Å². The number of benzene rings is 1. The number of hydrogen-bond donors (Lipinski definition) is 2. The van der Waals surface area contributed by atoms with Crippen molar-refractivity contribution < 1.29 is 14.7 Å². The molecule has 1 aromatic heterocycles. The second-order valence-corrected chi connectivity index (χ2v) is 6.35. The van der Waals surface area contributed by atoms with Crippen LogP contribution in [0.15, 0.2) is 54.9 Å². The fourth-order valence-corrected chi connectivity index (χ4v) is 2.94. The lowest BCUT2D eigenvalue weighted by molar-refractivity contribution is -0.137. The SMILES string of the molecule is O=C(C=Cc1ccccc1)NC(CO)C(=O)N1CCN(c2ncccn2)CC1. The highest BCUT2D eigenvalue weighted by Gasteiger charge is 2.28. The summed E-state index contributed by atoms with van der Waals surface area (Å²) in [4.78, 5) is 36.8. The van der Waals surface area contributed by atoms with Crippen molar-refractivity contribution in [2.75, 3.05) is 37.7 Å². The number of carbonyl (C=O) groups excluding carboxylic acids is 2. The van der Waals surface area contributed by atoms with E-state index >= 15 is 0 Å². The average Bonchev–Trinajstić information content (AvgIpc) is 2.77. The van der Waals surface area contributed by atoms with E-state index in [1.165, 1.54) is 6.08 Å². The highest BCUT2D eigenvalue weighted by atomic mass is 16.3. The Morgan fingerprint density at radius 3 is 2.39 bits per heavy atom. The summed E-state index contributed by atoms with van der Waals surface area (Å²) in [7, 11) is 0. The van der Waals surface area contributed by atoms with Crippen LogP contribution >= 0.6 is 0 Å². The zero-order valence-corrected chi connectivity index (χ0v) is 15.4. The third-order valence-electron chi connectivity index (χ3n) is 4.45. The minimum absolute atomic E-state index is 0.294. The molecule has 2 aromatic rings. The Bertz CT molecular complexity index is 805. The Hall–Kier alpha value is -3.26. The molecule has 0 bridgehead atoms. The molecule has 0 aliphatic carbocycles. The van der Waals surface area contributed by atoms with Gasteiger partial charge in [0.15, 0.2) is 0 Å². The van der Waals surface area contributed by atoms with E-state index in [-0.39, 0.29) is 5.91 Å². The molecule has 146 valence electrons. The van der Waals surface area contributed by atoms with Gasteiger partial charge in [0.2, 0.25) is 17.8 Å². The summed E-state index contributed by atoms with van der Waals surface area (Å²) in [5.41, 5.74) is 0.878. The molecular weight excluding hydrogens is 358 g/mol. The Morgan fingerprint density at radius 2 is 1.75 bits per heavy atom. The Balaban J connectivity index is 1.52. The van der Waals surface area contributed by atoms with E-state index in [0.29, 0.717) is 32.1 Å². The summed E-state index contributed by atoms with van der Waals surface area (Å²) < 4.78 is 0. The minimum Gasteiger partial charge on any atom is -0.394 e. The van der Waals surface area contributed by atoms with E-state index < -0.39 is 18.6 Å². The predicted octanol–water partition coefficient (Wildman–Crippen LogP) is 0.316. The molecule has 8 heteroatoms.